The predicted molar refractivity (Wildman–Crippen MR) is 69.6 cm³/mol. The van der Waals surface area contributed by atoms with Crippen molar-refractivity contribution in [3.8, 4) is 0 Å². The molecule has 3 fully saturated rings. The molecule has 0 aromatic rings. The van der Waals surface area contributed by atoms with E-state index in [1.54, 1.807) is 0 Å². The standard InChI is InChI=1S/C14H24N2O2/c1-10-8-12(9-15(10)11-4-5-11)16-7-3-6-14(16,2)13(17)18/h10-12H,3-9H2,1-2H3,(H,17,18). The van der Waals surface area contributed by atoms with Crippen molar-refractivity contribution in [3.05, 3.63) is 0 Å². The van der Waals surface area contributed by atoms with Crippen LogP contribution in [0.15, 0.2) is 0 Å². The molecule has 0 radical (unpaired) electrons. The van der Waals surface area contributed by atoms with E-state index in [9.17, 15) is 9.90 Å². The predicted octanol–water partition coefficient (Wildman–Crippen LogP) is 1.55. The fraction of sp³-hybridized carbons (Fsp3) is 0.929. The van der Waals surface area contributed by atoms with Crippen molar-refractivity contribution in [1.82, 2.24) is 9.80 Å². The maximum Gasteiger partial charge on any atom is 0.323 e. The van der Waals surface area contributed by atoms with Gasteiger partial charge in [-0.15, -0.1) is 0 Å². The van der Waals surface area contributed by atoms with Gasteiger partial charge in [0.1, 0.15) is 5.54 Å². The first-order valence-electron chi connectivity index (χ1n) is 7.28. The largest absolute Gasteiger partial charge is 0.480 e. The highest BCUT2D eigenvalue weighted by molar-refractivity contribution is 5.78. The highest BCUT2D eigenvalue weighted by Gasteiger charge is 2.50. The average Bonchev–Trinajstić information content (AvgIpc) is 2.97. The smallest absolute Gasteiger partial charge is 0.323 e. The molecule has 3 atom stereocenters. The third-order valence-corrected chi connectivity index (χ3v) is 5.21. The van der Waals surface area contributed by atoms with E-state index in [-0.39, 0.29) is 0 Å². The van der Waals surface area contributed by atoms with Crippen LogP contribution in [0.4, 0.5) is 0 Å². The minimum Gasteiger partial charge on any atom is -0.480 e. The number of rotatable bonds is 3. The Morgan fingerprint density at radius 3 is 2.67 bits per heavy atom. The summed E-state index contributed by atoms with van der Waals surface area (Å²) in [7, 11) is 0. The van der Waals surface area contributed by atoms with Gasteiger partial charge in [-0.3, -0.25) is 14.6 Å². The molecule has 2 aliphatic heterocycles. The van der Waals surface area contributed by atoms with Crippen molar-refractivity contribution in [2.24, 2.45) is 0 Å². The molecule has 3 aliphatic rings. The molecule has 0 aromatic carbocycles. The van der Waals surface area contributed by atoms with Gasteiger partial charge in [-0.2, -0.15) is 0 Å². The summed E-state index contributed by atoms with van der Waals surface area (Å²) < 4.78 is 0. The second-order valence-corrected chi connectivity index (χ2v) is 6.54. The summed E-state index contributed by atoms with van der Waals surface area (Å²) in [5.74, 6) is -0.641. The molecule has 1 saturated carbocycles. The van der Waals surface area contributed by atoms with Gasteiger partial charge in [-0.25, -0.2) is 0 Å². The summed E-state index contributed by atoms with van der Waals surface area (Å²) in [5.41, 5.74) is -0.621. The van der Waals surface area contributed by atoms with Crippen LogP contribution in [0.5, 0.6) is 0 Å². The van der Waals surface area contributed by atoms with Gasteiger partial charge >= 0.3 is 5.97 Å². The van der Waals surface area contributed by atoms with Crippen LogP contribution < -0.4 is 0 Å². The second kappa shape index (κ2) is 4.20. The van der Waals surface area contributed by atoms with E-state index in [0.717, 1.165) is 38.4 Å². The lowest BCUT2D eigenvalue weighted by molar-refractivity contribution is -0.149. The van der Waals surface area contributed by atoms with Gasteiger partial charge in [0.25, 0.3) is 0 Å². The molecule has 1 N–H and O–H groups in total. The Labute approximate surface area is 109 Å². The average molecular weight is 252 g/mol. The van der Waals surface area contributed by atoms with Gasteiger partial charge in [-0.1, -0.05) is 0 Å². The van der Waals surface area contributed by atoms with E-state index >= 15 is 0 Å². The van der Waals surface area contributed by atoms with Crippen molar-refractivity contribution in [2.75, 3.05) is 13.1 Å². The van der Waals surface area contributed by atoms with Gasteiger partial charge in [0.05, 0.1) is 0 Å². The number of hydrogen-bond acceptors (Lipinski definition) is 3. The fourth-order valence-electron chi connectivity index (χ4n) is 3.97. The highest BCUT2D eigenvalue weighted by Crippen LogP contribution is 2.39. The third-order valence-electron chi connectivity index (χ3n) is 5.21. The Morgan fingerprint density at radius 1 is 1.33 bits per heavy atom. The first kappa shape index (κ1) is 12.4. The van der Waals surface area contributed by atoms with Gasteiger partial charge in [0.2, 0.25) is 0 Å². The molecule has 2 heterocycles. The van der Waals surface area contributed by atoms with Gasteiger partial charge < -0.3 is 5.11 Å². The Bertz CT molecular complexity index is 356. The fourth-order valence-corrected chi connectivity index (χ4v) is 3.97. The second-order valence-electron chi connectivity index (χ2n) is 6.54. The number of aliphatic carboxylic acids is 1. The highest BCUT2D eigenvalue weighted by atomic mass is 16.4. The lowest BCUT2D eigenvalue weighted by Gasteiger charge is -2.36. The molecule has 3 unspecified atom stereocenters. The molecular formula is C14H24N2O2. The Hall–Kier alpha value is -0.610. The zero-order chi connectivity index (χ0) is 12.9. The monoisotopic (exact) mass is 252 g/mol. The molecule has 0 amide bonds. The molecule has 1 aliphatic carbocycles. The van der Waals surface area contributed by atoms with E-state index in [1.165, 1.54) is 12.8 Å². The van der Waals surface area contributed by atoms with E-state index in [1.807, 2.05) is 6.92 Å². The summed E-state index contributed by atoms with van der Waals surface area (Å²) in [6.07, 6.45) is 5.65. The van der Waals surface area contributed by atoms with Gasteiger partial charge in [0.15, 0.2) is 0 Å². The molecule has 0 aromatic heterocycles. The Kier molecular flexibility index (Phi) is 2.90. The van der Waals surface area contributed by atoms with Crippen LogP contribution >= 0.6 is 0 Å². The quantitative estimate of drug-likeness (QED) is 0.827. The van der Waals surface area contributed by atoms with Crippen LogP contribution in [0.2, 0.25) is 0 Å². The number of likely N-dealkylation sites (tertiary alicyclic amines) is 2. The zero-order valence-corrected chi connectivity index (χ0v) is 11.4. The van der Waals surface area contributed by atoms with E-state index in [4.69, 9.17) is 0 Å². The van der Waals surface area contributed by atoms with Crippen molar-refractivity contribution in [3.63, 3.8) is 0 Å². The molecule has 4 nitrogen and oxygen atoms in total. The number of hydrogen-bond donors (Lipinski definition) is 1. The van der Waals surface area contributed by atoms with Crippen molar-refractivity contribution < 1.29 is 9.90 Å². The maximum absolute atomic E-state index is 11.5. The zero-order valence-electron chi connectivity index (χ0n) is 11.4. The molecule has 2 saturated heterocycles. The SMILES string of the molecule is CC1CC(N2CCCC2(C)C(=O)O)CN1C1CC1. The maximum atomic E-state index is 11.5. The van der Waals surface area contributed by atoms with Gasteiger partial charge in [-0.05, 0) is 52.5 Å². The summed E-state index contributed by atoms with van der Waals surface area (Å²) in [5, 5.41) is 9.50. The topological polar surface area (TPSA) is 43.8 Å². The van der Waals surface area contributed by atoms with Crippen molar-refractivity contribution in [2.45, 2.75) is 69.6 Å². The van der Waals surface area contributed by atoms with Crippen molar-refractivity contribution >= 4 is 5.97 Å². The first-order valence-corrected chi connectivity index (χ1v) is 7.28. The van der Waals surface area contributed by atoms with Crippen LogP contribution in [-0.2, 0) is 4.79 Å². The number of carboxylic acid groups (broad SMARTS) is 1. The number of carboxylic acids is 1. The molecular weight excluding hydrogens is 228 g/mol. The van der Waals surface area contributed by atoms with Crippen LogP contribution in [-0.4, -0.2) is 57.6 Å². The molecule has 0 spiro atoms. The van der Waals surface area contributed by atoms with E-state index in [0.29, 0.717) is 12.1 Å². The summed E-state index contributed by atoms with van der Waals surface area (Å²) in [6, 6.07) is 1.87. The van der Waals surface area contributed by atoms with E-state index < -0.39 is 11.5 Å². The van der Waals surface area contributed by atoms with Crippen LogP contribution in [0.1, 0.15) is 46.0 Å². The molecule has 102 valence electrons. The van der Waals surface area contributed by atoms with Crippen LogP contribution in [0.3, 0.4) is 0 Å². The first-order chi connectivity index (χ1) is 8.52. The summed E-state index contributed by atoms with van der Waals surface area (Å²) in [6.45, 7) is 6.24. The lowest BCUT2D eigenvalue weighted by Crippen LogP contribution is -2.53. The van der Waals surface area contributed by atoms with Crippen molar-refractivity contribution in [1.29, 1.82) is 0 Å². The third kappa shape index (κ3) is 1.86. The molecule has 4 heteroatoms. The molecule has 3 rings (SSSR count). The minimum absolute atomic E-state index is 0.448. The number of nitrogens with zero attached hydrogens (tertiary/aromatic N) is 2. The Balaban J connectivity index is 1.73. The van der Waals surface area contributed by atoms with Crippen LogP contribution in [0.25, 0.3) is 0 Å². The Morgan fingerprint density at radius 2 is 2.06 bits per heavy atom. The van der Waals surface area contributed by atoms with Gasteiger partial charge in [0, 0.05) is 24.7 Å². The lowest BCUT2D eigenvalue weighted by atomic mass is 9.97. The summed E-state index contributed by atoms with van der Waals surface area (Å²) >= 11 is 0. The van der Waals surface area contributed by atoms with E-state index in [2.05, 4.69) is 16.7 Å². The minimum atomic E-state index is -0.641. The molecule has 0 bridgehead atoms. The number of carbonyl (C=O) groups is 1. The summed E-state index contributed by atoms with van der Waals surface area (Å²) in [4.78, 5) is 16.4. The normalized spacial score (nSPS) is 42.6. The molecule has 18 heavy (non-hydrogen) atoms. The van der Waals surface area contributed by atoms with Crippen LogP contribution in [0, 0.1) is 0 Å².